The van der Waals surface area contributed by atoms with Gasteiger partial charge in [0.2, 0.25) is 5.91 Å². The molecule has 0 aliphatic carbocycles. The van der Waals surface area contributed by atoms with Crippen molar-refractivity contribution in [2.75, 3.05) is 25.6 Å². The zero-order valence-corrected chi connectivity index (χ0v) is 11.5. The van der Waals surface area contributed by atoms with E-state index in [1.807, 2.05) is 13.0 Å². The Morgan fingerprint density at radius 3 is 2.74 bits per heavy atom. The molecule has 0 saturated carbocycles. The van der Waals surface area contributed by atoms with Crippen LogP contribution >= 0.6 is 0 Å². The van der Waals surface area contributed by atoms with Crippen molar-refractivity contribution in [3.8, 4) is 0 Å². The van der Waals surface area contributed by atoms with E-state index >= 15 is 0 Å². The topological polar surface area (TPSA) is 67.4 Å². The highest BCUT2D eigenvalue weighted by Crippen LogP contribution is 2.10. The van der Waals surface area contributed by atoms with Crippen molar-refractivity contribution in [1.29, 1.82) is 0 Å². The molecule has 104 valence electrons. The predicted molar refractivity (Wildman–Crippen MR) is 74.4 cm³/mol. The number of anilines is 1. The van der Waals surface area contributed by atoms with Crippen LogP contribution in [0.3, 0.4) is 0 Å². The summed E-state index contributed by atoms with van der Waals surface area (Å²) >= 11 is 0. The van der Waals surface area contributed by atoms with Gasteiger partial charge in [-0.3, -0.25) is 9.59 Å². The second-order valence-corrected chi connectivity index (χ2v) is 4.41. The molecule has 1 unspecified atom stereocenters. The summed E-state index contributed by atoms with van der Waals surface area (Å²) in [7, 11) is 1.59. The minimum Gasteiger partial charge on any atom is -0.383 e. The van der Waals surface area contributed by atoms with Crippen molar-refractivity contribution in [2.45, 2.75) is 19.9 Å². The van der Waals surface area contributed by atoms with Crippen LogP contribution in [0, 0.1) is 0 Å². The van der Waals surface area contributed by atoms with E-state index in [4.69, 9.17) is 4.74 Å². The third kappa shape index (κ3) is 5.52. The number of ether oxygens (including phenoxy) is 1. The molecule has 0 heterocycles. The molecule has 0 bridgehead atoms. The molecule has 1 aromatic carbocycles. The quantitative estimate of drug-likeness (QED) is 0.731. The highest BCUT2D eigenvalue weighted by Gasteiger charge is 2.07. The molecule has 0 spiro atoms. The van der Waals surface area contributed by atoms with Crippen molar-refractivity contribution in [1.82, 2.24) is 5.32 Å². The maximum Gasteiger partial charge on any atom is 0.239 e. The van der Waals surface area contributed by atoms with Gasteiger partial charge in [-0.05, 0) is 26.0 Å². The Kier molecular flexibility index (Phi) is 6.02. The predicted octanol–water partition coefficient (Wildman–Crippen LogP) is 1.45. The standard InChI is InChI=1S/C14H20N2O3/c1-10(9-19-3)16-14(18)8-15-13-6-4-5-12(7-13)11(2)17/h4-7,10,15H,8-9H2,1-3H3,(H,16,18). The van der Waals surface area contributed by atoms with Gasteiger partial charge in [-0.1, -0.05) is 12.1 Å². The molecule has 19 heavy (non-hydrogen) atoms. The van der Waals surface area contributed by atoms with Gasteiger partial charge < -0.3 is 15.4 Å². The Hall–Kier alpha value is -1.88. The molecular formula is C14H20N2O3. The number of carbonyl (C=O) groups is 2. The molecule has 5 heteroatoms. The van der Waals surface area contributed by atoms with Crippen LogP contribution in [-0.2, 0) is 9.53 Å². The van der Waals surface area contributed by atoms with Crippen LogP contribution < -0.4 is 10.6 Å². The van der Waals surface area contributed by atoms with E-state index in [1.165, 1.54) is 6.92 Å². The average molecular weight is 264 g/mol. The Morgan fingerprint density at radius 1 is 1.37 bits per heavy atom. The van der Waals surface area contributed by atoms with E-state index in [0.717, 1.165) is 5.69 Å². The second kappa shape index (κ2) is 7.53. The molecule has 0 aliphatic rings. The van der Waals surface area contributed by atoms with Gasteiger partial charge in [0.25, 0.3) is 0 Å². The van der Waals surface area contributed by atoms with Gasteiger partial charge in [0, 0.05) is 24.4 Å². The lowest BCUT2D eigenvalue weighted by Crippen LogP contribution is -2.39. The summed E-state index contributed by atoms with van der Waals surface area (Å²) < 4.78 is 4.94. The molecule has 0 aliphatic heterocycles. The maximum absolute atomic E-state index is 11.6. The highest BCUT2D eigenvalue weighted by molar-refractivity contribution is 5.95. The number of nitrogens with one attached hydrogen (secondary N) is 2. The lowest BCUT2D eigenvalue weighted by atomic mass is 10.1. The van der Waals surface area contributed by atoms with Gasteiger partial charge in [0.15, 0.2) is 5.78 Å². The first-order valence-corrected chi connectivity index (χ1v) is 6.16. The van der Waals surface area contributed by atoms with E-state index < -0.39 is 0 Å². The molecule has 1 rings (SSSR count). The smallest absolute Gasteiger partial charge is 0.239 e. The number of carbonyl (C=O) groups excluding carboxylic acids is 2. The number of hydrogen-bond donors (Lipinski definition) is 2. The van der Waals surface area contributed by atoms with Gasteiger partial charge in [0.1, 0.15) is 0 Å². The second-order valence-electron chi connectivity index (χ2n) is 4.41. The van der Waals surface area contributed by atoms with Gasteiger partial charge in [-0.2, -0.15) is 0 Å². The average Bonchev–Trinajstić information content (AvgIpc) is 2.37. The van der Waals surface area contributed by atoms with Crippen molar-refractivity contribution in [2.24, 2.45) is 0 Å². The van der Waals surface area contributed by atoms with Crippen molar-refractivity contribution < 1.29 is 14.3 Å². The number of ketones is 1. The molecule has 0 saturated heterocycles. The van der Waals surface area contributed by atoms with Crippen molar-refractivity contribution in [3.63, 3.8) is 0 Å². The molecule has 0 fully saturated rings. The summed E-state index contributed by atoms with van der Waals surface area (Å²) in [5, 5.41) is 5.78. The first kappa shape index (κ1) is 15.2. The van der Waals surface area contributed by atoms with Crippen LogP contribution in [0.25, 0.3) is 0 Å². The van der Waals surface area contributed by atoms with E-state index in [0.29, 0.717) is 12.2 Å². The van der Waals surface area contributed by atoms with Gasteiger partial charge >= 0.3 is 0 Å². The summed E-state index contributed by atoms with van der Waals surface area (Å²) in [6.45, 7) is 4.02. The van der Waals surface area contributed by atoms with Crippen molar-refractivity contribution >= 4 is 17.4 Å². The molecule has 0 aromatic heterocycles. The number of amides is 1. The third-order valence-electron chi connectivity index (χ3n) is 2.55. The van der Waals surface area contributed by atoms with Crippen LogP contribution in [-0.4, -0.2) is 38.0 Å². The van der Waals surface area contributed by atoms with Crippen LogP contribution in [0.2, 0.25) is 0 Å². The fraction of sp³-hybridized carbons (Fsp3) is 0.429. The number of methoxy groups -OCH3 is 1. The van der Waals surface area contributed by atoms with E-state index in [2.05, 4.69) is 10.6 Å². The SMILES string of the molecule is COCC(C)NC(=O)CNc1cccc(C(C)=O)c1. The zero-order valence-electron chi connectivity index (χ0n) is 11.5. The molecule has 1 atom stereocenters. The molecule has 0 radical (unpaired) electrons. The highest BCUT2D eigenvalue weighted by atomic mass is 16.5. The normalized spacial score (nSPS) is 11.7. The number of hydrogen-bond acceptors (Lipinski definition) is 4. The Morgan fingerprint density at radius 2 is 2.11 bits per heavy atom. The lowest BCUT2D eigenvalue weighted by Gasteiger charge is -2.13. The minimum atomic E-state index is -0.113. The molecule has 5 nitrogen and oxygen atoms in total. The summed E-state index contributed by atoms with van der Waals surface area (Å²) in [6, 6.07) is 7.05. The fourth-order valence-corrected chi connectivity index (χ4v) is 1.65. The number of rotatable bonds is 7. The van der Waals surface area contributed by atoms with Gasteiger partial charge in [-0.15, -0.1) is 0 Å². The van der Waals surface area contributed by atoms with Crippen LogP contribution in [0.4, 0.5) is 5.69 Å². The van der Waals surface area contributed by atoms with E-state index in [1.54, 1.807) is 25.3 Å². The minimum absolute atomic E-state index is 0.00168. The van der Waals surface area contributed by atoms with Crippen LogP contribution in [0.1, 0.15) is 24.2 Å². The van der Waals surface area contributed by atoms with Gasteiger partial charge in [-0.25, -0.2) is 0 Å². The fourth-order valence-electron chi connectivity index (χ4n) is 1.65. The molecule has 2 N–H and O–H groups in total. The summed E-state index contributed by atoms with van der Waals surface area (Å²) in [5.74, 6) is -0.111. The van der Waals surface area contributed by atoms with Crippen LogP contribution in [0.15, 0.2) is 24.3 Å². The maximum atomic E-state index is 11.6. The molecule has 1 aromatic rings. The Bertz CT molecular complexity index is 446. The monoisotopic (exact) mass is 264 g/mol. The largest absolute Gasteiger partial charge is 0.383 e. The first-order valence-electron chi connectivity index (χ1n) is 6.16. The number of Topliss-reactive ketones (excluding diaryl/α,β-unsaturated/α-hetero) is 1. The van der Waals surface area contributed by atoms with E-state index in [-0.39, 0.29) is 24.3 Å². The van der Waals surface area contributed by atoms with Crippen LogP contribution in [0.5, 0.6) is 0 Å². The third-order valence-corrected chi connectivity index (χ3v) is 2.55. The molecular weight excluding hydrogens is 244 g/mol. The summed E-state index contributed by atoms with van der Waals surface area (Å²) in [4.78, 5) is 22.9. The first-order chi connectivity index (χ1) is 9.02. The van der Waals surface area contributed by atoms with E-state index in [9.17, 15) is 9.59 Å². The molecule has 1 amide bonds. The Balaban J connectivity index is 2.46. The van der Waals surface area contributed by atoms with Gasteiger partial charge in [0.05, 0.1) is 13.2 Å². The summed E-state index contributed by atoms with van der Waals surface area (Å²) in [5.41, 5.74) is 1.38. The zero-order chi connectivity index (χ0) is 14.3. The summed E-state index contributed by atoms with van der Waals surface area (Å²) in [6.07, 6.45) is 0. The lowest BCUT2D eigenvalue weighted by molar-refractivity contribution is -0.120. The Labute approximate surface area is 113 Å². The number of benzene rings is 1. The van der Waals surface area contributed by atoms with Crippen molar-refractivity contribution in [3.05, 3.63) is 29.8 Å².